The van der Waals surface area contributed by atoms with E-state index in [9.17, 15) is 14.0 Å². The van der Waals surface area contributed by atoms with Crippen molar-refractivity contribution in [3.05, 3.63) is 53.3 Å². The van der Waals surface area contributed by atoms with Gasteiger partial charge >= 0.3 is 0 Å². The van der Waals surface area contributed by atoms with Gasteiger partial charge in [-0.05, 0) is 43.2 Å². The number of nitrogens with zero attached hydrogens (tertiary/aromatic N) is 1. The fourth-order valence-electron chi connectivity index (χ4n) is 2.54. The first-order chi connectivity index (χ1) is 12.5. The average molecular weight is 371 g/mol. The minimum absolute atomic E-state index is 0.0567. The lowest BCUT2D eigenvalue weighted by molar-refractivity contribution is -0.116. The summed E-state index contributed by atoms with van der Waals surface area (Å²) in [6, 6.07) is 12.0. The molecule has 26 heavy (non-hydrogen) atoms. The van der Waals surface area contributed by atoms with Gasteiger partial charge in [-0.3, -0.25) is 9.59 Å². The lowest BCUT2D eigenvalue weighted by Gasteiger charge is -2.09. The van der Waals surface area contributed by atoms with Crippen molar-refractivity contribution < 1.29 is 14.0 Å². The molecule has 2 N–H and O–H groups in total. The van der Waals surface area contributed by atoms with Crippen LogP contribution in [-0.2, 0) is 16.0 Å². The number of thiazole rings is 1. The van der Waals surface area contributed by atoms with Gasteiger partial charge < -0.3 is 10.6 Å². The lowest BCUT2D eigenvalue weighted by Crippen LogP contribution is -2.13. The standard InChI is InChI=1S/C19H18FN3O2S/c1-12(24)21-13-9-10-14(20)16(11-13)22-18(25)7-4-8-19-23-15-5-2-3-6-17(15)26-19/h2-3,5-6,9-11H,4,7-8H2,1H3,(H,21,24)(H,22,25). The van der Waals surface area contributed by atoms with E-state index in [4.69, 9.17) is 0 Å². The third-order valence-corrected chi connectivity index (χ3v) is 4.79. The summed E-state index contributed by atoms with van der Waals surface area (Å²) in [5.74, 6) is -1.08. The predicted octanol–water partition coefficient (Wildman–Crippen LogP) is 4.36. The van der Waals surface area contributed by atoms with Crippen molar-refractivity contribution in [2.24, 2.45) is 0 Å². The molecule has 0 aliphatic rings. The van der Waals surface area contributed by atoms with E-state index in [1.165, 1.54) is 25.1 Å². The lowest BCUT2D eigenvalue weighted by atomic mass is 10.2. The Hall–Kier alpha value is -2.80. The molecule has 3 rings (SSSR count). The fraction of sp³-hybridized carbons (Fsp3) is 0.211. The molecule has 2 amide bonds. The summed E-state index contributed by atoms with van der Waals surface area (Å²) in [6.45, 7) is 1.36. The third kappa shape index (κ3) is 4.64. The molecule has 0 saturated heterocycles. The number of fused-ring (bicyclic) bond motifs is 1. The molecule has 3 aromatic rings. The normalized spacial score (nSPS) is 10.7. The van der Waals surface area contributed by atoms with E-state index in [2.05, 4.69) is 15.6 Å². The number of hydrogen-bond acceptors (Lipinski definition) is 4. The van der Waals surface area contributed by atoms with Crippen LogP contribution in [-0.4, -0.2) is 16.8 Å². The van der Waals surface area contributed by atoms with Gasteiger partial charge in [0.2, 0.25) is 11.8 Å². The summed E-state index contributed by atoms with van der Waals surface area (Å²) in [5.41, 5.74) is 1.46. The maximum Gasteiger partial charge on any atom is 0.224 e. The first kappa shape index (κ1) is 18.0. The maximum atomic E-state index is 13.8. The largest absolute Gasteiger partial charge is 0.326 e. The zero-order valence-electron chi connectivity index (χ0n) is 14.2. The number of carbonyl (C=O) groups is 2. The zero-order valence-corrected chi connectivity index (χ0v) is 15.0. The van der Waals surface area contributed by atoms with Crippen molar-refractivity contribution in [3.63, 3.8) is 0 Å². The summed E-state index contributed by atoms with van der Waals surface area (Å²) in [6.07, 6.45) is 1.58. The summed E-state index contributed by atoms with van der Waals surface area (Å²) >= 11 is 1.62. The van der Waals surface area contributed by atoms with Gasteiger partial charge in [0.15, 0.2) is 0 Å². The second-order valence-corrected chi connectivity index (χ2v) is 6.97. The second-order valence-electron chi connectivity index (χ2n) is 5.85. The van der Waals surface area contributed by atoms with Gasteiger partial charge in [-0.1, -0.05) is 12.1 Å². The molecule has 0 radical (unpaired) electrons. The molecular weight excluding hydrogens is 353 g/mol. The van der Waals surface area contributed by atoms with Crippen LogP contribution in [0.4, 0.5) is 15.8 Å². The predicted molar refractivity (Wildman–Crippen MR) is 102 cm³/mol. The van der Waals surface area contributed by atoms with Crippen LogP contribution in [0.15, 0.2) is 42.5 Å². The Bertz CT molecular complexity index is 922. The van der Waals surface area contributed by atoms with Crippen LogP contribution >= 0.6 is 11.3 Å². The summed E-state index contributed by atoms with van der Waals surface area (Å²) in [5, 5.41) is 6.10. The van der Waals surface area contributed by atoms with Crippen LogP contribution in [0, 0.1) is 5.82 Å². The van der Waals surface area contributed by atoms with E-state index in [1.807, 2.05) is 24.3 Å². The Balaban J connectivity index is 1.54. The molecule has 0 spiro atoms. The Morgan fingerprint density at radius 1 is 1.15 bits per heavy atom. The van der Waals surface area contributed by atoms with Crippen molar-refractivity contribution in [2.75, 3.05) is 10.6 Å². The molecule has 0 fully saturated rings. The SMILES string of the molecule is CC(=O)Nc1ccc(F)c(NC(=O)CCCc2nc3ccccc3s2)c1. The van der Waals surface area contributed by atoms with Crippen molar-refractivity contribution in [1.29, 1.82) is 0 Å². The minimum atomic E-state index is -0.543. The second kappa shape index (κ2) is 8.05. The van der Waals surface area contributed by atoms with Crippen LogP contribution < -0.4 is 10.6 Å². The Kier molecular flexibility index (Phi) is 5.58. The number of nitrogens with one attached hydrogen (secondary N) is 2. The van der Waals surface area contributed by atoms with Gasteiger partial charge in [0.1, 0.15) is 5.82 Å². The molecule has 0 bridgehead atoms. The first-order valence-corrected chi connectivity index (χ1v) is 9.04. The van der Waals surface area contributed by atoms with E-state index in [0.29, 0.717) is 18.5 Å². The van der Waals surface area contributed by atoms with Crippen molar-refractivity contribution in [2.45, 2.75) is 26.2 Å². The Morgan fingerprint density at radius 2 is 1.96 bits per heavy atom. The molecular formula is C19H18FN3O2S. The van der Waals surface area contributed by atoms with Crippen LogP contribution in [0.5, 0.6) is 0 Å². The number of halogens is 1. The van der Waals surface area contributed by atoms with E-state index in [-0.39, 0.29) is 23.9 Å². The number of aryl methyl sites for hydroxylation is 1. The number of rotatable bonds is 6. The highest BCUT2D eigenvalue weighted by atomic mass is 32.1. The smallest absolute Gasteiger partial charge is 0.224 e. The number of amides is 2. The number of carbonyl (C=O) groups excluding carboxylic acids is 2. The molecule has 7 heteroatoms. The maximum absolute atomic E-state index is 13.8. The van der Waals surface area contributed by atoms with E-state index < -0.39 is 5.82 Å². The number of anilines is 2. The van der Waals surface area contributed by atoms with Gasteiger partial charge in [0.25, 0.3) is 0 Å². The zero-order chi connectivity index (χ0) is 18.5. The van der Waals surface area contributed by atoms with E-state index in [0.717, 1.165) is 15.2 Å². The summed E-state index contributed by atoms with van der Waals surface area (Å²) < 4.78 is 15.0. The topological polar surface area (TPSA) is 71.1 Å². The molecule has 5 nitrogen and oxygen atoms in total. The van der Waals surface area contributed by atoms with Crippen molar-refractivity contribution >= 4 is 44.7 Å². The fourth-order valence-corrected chi connectivity index (χ4v) is 3.55. The Morgan fingerprint density at radius 3 is 2.73 bits per heavy atom. The monoisotopic (exact) mass is 371 g/mol. The summed E-state index contributed by atoms with van der Waals surface area (Å²) in [4.78, 5) is 27.7. The highest BCUT2D eigenvalue weighted by Gasteiger charge is 2.10. The Labute approximate surface area is 154 Å². The molecule has 1 heterocycles. The molecule has 0 aliphatic carbocycles. The number of aromatic nitrogens is 1. The first-order valence-electron chi connectivity index (χ1n) is 8.23. The molecule has 0 saturated carbocycles. The van der Waals surface area contributed by atoms with E-state index in [1.54, 1.807) is 11.3 Å². The number of para-hydroxylation sites is 1. The van der Waals surface area contributed by atoms with Crippen LogP contribution in [0.25, 0.3) is 10.2 Å². The highest BCUT2D eigenvalue weighted by Crippen LogP contribution is 2.23. The molecule has 134 valence electrons. The molecule has 0 aliphatic heterocycles. The van der Waals surface area contributed by atoms with Crippen molar-refractivity contribution in [3.8, 4) is 0 Å². The molecule has 2 aromatic carbocycles. The molecule has 0 unspecified atom stereocenters. The quantitative estimate of drug-likeness (QED) is 0.676. The van der Waals surface area contributed by atoms with Gasteiger partial charge in [0.05, 0.1) is 20.9 Å². The van der Waals surface area contributed by atoms with Crippen molar-refractivity contribution in [1.82, 2.24) is 4.98 Å². The van der Waals surface area contributed by atoms with Gasteiger partial charge in [-0.2, -0.15) is 0 Å². The van der Waals surface area contributed by atoms with Crippen LogP contribution in [0.3, 0.4) is 0 Å². The van der Waals surface area contributed by atoms with Crippen LogP contribution in [0.2, 0.25) is 0 Å². The third-order valence-electron chi connectivity index (χ3n) is 3.69. The average Bonchev–Trinajstić information content (AvgIpc) is 3.00. The highest BCUT2D eigenvalue weighted by molar-refractivity contribution is 7.18. The van der Waals surface area contributed by atoms with Crippen LogP contribution in [0.1, 0.15) is 24.8 Å². The van der Waals surface area contributed by atoms with Gasteiger partial charge in [0, 0.05) is 19.0 Å². The van der Waals surface area contributed by atoms with Gasteiger partial charge in [-0.15, -0.1) is 11.3 Å². The number of hydrogen-bond donors (Lipinski definition) is 2. The minimum Gasteiger partial charge on any atom is -0.326 e. The van der Waals surface area contributed by atoms with E-state index >= 15 is 0 Å². The summed E-state index contributed by atoms with van der Waals surface area (Å²) in [7, 11) is 0. The van der Waals surface area contributed by atoms with Gasteiger partial charge in [-0.25, -0.2) is 9.37 Å². The number of benzene rings is 2. The molecule has 0 atom stereocenters. The molecule has 1 aromatic heterocycles.